The third-order valence-corrected chi connectivity index (χ3v) is 2.54. The molecule has 2 unspecified atom stereocenters. The smallest absolute Gasteiger partial charge is 0.224 e. The highest BCUT2D eigenvalue weighted by Crippen LogP contribution is 2.18. The molecule has 5 heteroatoms. The molecule has 1 fully saturated rings. The molecule has 82 valence electrons. The van der Waals surface area contributed by atoms with Gasteiger partial charge in [-0.15, -0.1) is 0 Å². The van der Waals surface area contributed by atoms with Crippen LogP contribution < -0.4 is 4.90 Å². The minimum absolute atomic E-state index is 0.225. The summed E-state index contributed by atoms with van der Waals surface area (Å²) in [6, 6.07) is 1.87. The van der Waals surface area contributed by atoms with Gasteiger partial charge in [0.2, 0.25) is 5.28 Å². The van der Waals surface area contributed by atoms with Gasteiger partial charge < -0.3 is 9.64 Å². The molecule has 1 saturated heterocycles. The maximum Gasteiger partial charge on any atom is 0.224 e. The van der Waals surface area contributed by atoms with Gasteiger partial charge >= 0.3 is 0 Å². The molecule has 1 aromatic heterocycles. The first-order valence-electron chi connectivity index (χ1n) is 5.04. The number of aromatic nitrogens is 2. The number of anilines is 1. The first-order valence-corrected chi connectivity index (χ1v) is 5.42. The van der Waals surface area contributed by atoms with Crippen molar-refractivity contribution in [2.24, 2.45) is 0 Å². The highest BCUT2D eigenvalue weighted by atomic mass is 35.5. The van der Waals surface area contributed by atoms with Crippen molar-refractivity contribution in [3.63, 3.8) is 0 Å². The van der Waals surface area contributed by atoms with Crippen LogP contribution in [0.2, 0.25) is 5.28 Å². The van der Waals surface area contributed by atoms with Crippen LogP contribution in [0.1, 0.15) is 13.8 Å². The van der Waals surface area contributed by atoms with E-state index in [1.165, 1.54) is 0 Å². The largest absolute Gasteiger partial charge is 0.372 e. The van der Waals surface area contributed by atoms with Gasteiger partial charge in [-0.3, -0.25) is 0 Å². The highest BCUT2D eigenvalue weighted by molar-refractivity contribution is 6.28. The normalized spacial score (nSPS) is 26.7. The summed E-state index contributed by atoms with van der Waals surface area (Å²) in [5, 5.41) is 0.291. The van der Waals surface area contributed by atoms with Crippen molar-refractivity contribution < 1.29 is 4.74 Å². The summed E-state index contributed by atoms with van der Waals surface area (Å²) < 4.78 is 5.65. The number of halogens is 1. The van der Waals surface area contributed by atoms with E-state index in [4.69, 9.17) is 16.3 Å². The molecule has 0 bridgehead atoms. The lowest BCUT2D eigenvalue weighted by Crippen LogP contribution is -2.45. The number of hydrogen-bond donors (Lipinski definition) is 0. The van der Waals surface area contributed by atoms with Gasteiger partial charge in [0.1, 0.15) is 5.82 Å². The van der Waals surface area contributed by atoms with Gasteiger partial charge in [0.05, 0.1) is 12.2 Å². The Balaban J connectivity index is 2.16. The predicted molar refractivity (Wildman–Crippen MR) is 59.3 cm³/mol. The Morgan fingerprint density at radius 3 is 2.67 bits per heavy atom. The van der Waals surface area contributed by atoms with Crippen molar-refractivity contribution in [3.8, 4) is 0 Å². The van der Waals surface area contributed by atoms with E-state index in [1.54, 1.807) is 6.20 Å². The molecule has 1 aliphatic heterocycles. The van der Waals surface area contributed by atoms with E-state index >= 15 is 0 Å². The molecule has 0 saturated carbocycles. The fraction of sp³-hybridized carbons (Fsp3) is 0.600. The molecule has 1 aromatic rings. The summed E-state index contributed by atoms with van der Waals surface area (Å²) >= 11 is 5.76. The van der Waals surface area contributed by atoms with E-state index in [2.05, 4.69) is 28.7 Å². The van der Waals surface area contributed by atoms with Gasteiger partial charge in [-0.25, -0.2) is 9.97 Å². The Hall–Kier alpha value is -0.870. The van der Waals surface area contributed by atoms with Crippen LogP contribution in [0.25, 0.3) is 0 Å². The molecule has 0 amide bonds. The topological polar surface area (TPSA) is 38.2 Å². The molecule has 0 radical (unpaired) electrons. The molecule has 0 aromatic carbocycles. The third kappa shape index (κ3) is 2.58. The Morgan fingerprint density at radius 1 is 1.40 bits per heavy atom. The predicted octanol–water partition coefficient (Wildman–Crippen LogP) is 1.74. The van der Waals surface area contributed by atoms with Crippen molar-refractivity contribution in [1.82, 2.24) is 9.97 Å². The monoisotopic (exact) mass is 227 g/mol. The molecule has 2 rings (SSSR count). The van der Waals surface area contributed by atoms with Gasteiger partial charge in [-0.2, -0.15) is 0 Å². The standard InChI is InChI=1S/C10H14ClN3O/c1-7-5-14(6-8(2)15-7)9-3-4-12-10(11)13-9/h3-4,7-8H,5-6H2,1-2H3. The number of morpholine rings is 1. The second-order valence-corrected chi connectivity index (χ2v) is 4.18. The second-order valence-electron chi connectivity index (χ2n) is 3.85. The maximum atomic E-state index is 5.76. The first kappa shape index (κ1) is 10.6. The minimum Gasteiger partial charge on any atom is -0.372 e. The van der Waals surface area contributed by atoms with Crippen LogP contribution in [0.4, 0.5) is 5.82 Å². The van der Waals surface area contributed by atoms with Crippen molar-refractivity contribution >= 4 is 17.4 Å². The van der Waals surface area contributed by atoms with Crippen LogP contribution in [0, 0.1) is 0 Å². The molecule has 1 aliphatic rings. The molecule has 0 aliphatic carbocycles. The van der Waals surface area contributed by atoms with E-state index in [0.717, 1.165) is 18.9 Å². The van der Waals surface area contributed by atoms with Crippen LogP contribution >= 0.6 is 11.6 Å². The summed E-state index contributed by atoms with van der Waals surface area (Å²) in [7, 11) is 0. The SMILES string of the molecule is CC1CN(c2ccnc(Cl)n2)CC(C)O1. The fourth-order valence-electron chi connectivity index (χ4n) is 1.87. The number of ether oxygens (including phenoxy) is 1. The van der Waals surface area contributed by atoms with Gasteiger partial charge in [0.25, 0.3) is 0 Å². The van der Waals surface area contributed by atoms with Crippen molar-refractivity contribution in [3.05, 3.63) is 17.5 Å². The minimum atomic E-state index is 0.225. The van der Waals surface area contributed by atoms with Gasteiger partial charge in [-0.1, -0.05) is 0 Å². The van der Waals surface area contributed by atoms with E-state index in [9.17, 15) is 0 Å². The van der Waals surface area contributed by atoms with Gasteiger partial charge in [0.15, 0.2) is 0 Å². The number of hydrogen-bond acceptors (Lipinski definition) is 4. The molecular formula is C10H14ClN3O. The van der Waals surface area contributed by atoms with Gasteiger partial charge in [0, 0.05) is 19.3 Å². The number of rotatable bonds is 1. The van der Waals surface area contributed by atoms with Crippen molar-refractivity contribution in [1.29, 1.82) is 0 Å². The lowest BCUT2D eigenvalue weighted by molar-refractivity contribution is -0.00546. The molecule has 4 nitrogen and oxygen atoms in total. The Kier molecular flexibility index (Phi) is 3.07. The summed E-state index contributed by atoms with van der Waals surface area (Å²) in [6.07, 6.45) is 2.13. The van der Waals surface area contributed by atoms with E-state index in [-0.39, 0.29) is 12.2 Å². The average Bonchev–Trinajstić information content (AvgIpc) is 2.16. The molecule has 15 heavy (non-hydrogen) atoms. The zero-order valence-corrected chi connectivity index (χ0v) is 9.61. The van der Waals surface area contributed by atoms with Crippen molar-refractivity contribution in [2.75, 3.05) is 18.0 Å². The van der Waals surface area contributed by atoms with E-state index < -0.39 is 0 Å². The van der Waals surface area contributed by atoms with E-state index in [0.29, 0.717) is 5.28 Å². The zero-order valence-electron chi connectivity index (χ0n) is 8.85. The quantitative estimate of drug-likeness (QED) is 0.685. The lowest BCUT2D eigenvalue weighted by Gasteiger charge is -2.35. The first-order chi connectivity index (χ1) is 7.15. The van der Waals surface area contributed by atoms with Crippen LogP contribution in [-0.4, -0.2) is 35.3 Å². The second kappa shape index (κ2) is 4.33. The van der Waals surface area contributed by atoms with Gasteiger partial charge in [-0.05, 0) is 31.5 Å². The highest BCUT2D eigenvalue weighted by Gasteiger charge is 2.23. The lowest BCUT2D eigenvalue weighted by atomic mass is 10.2. The third-order valence-electron chi connectivity index (χ3n) is 2.36. The maximum absolute atomic E-state index is 5.76. The van der Waals surface area contributed by atoms with Crippen LogP contribution in [0.15, 0.2) is 12.3 Å². The summed E-state index contributed by atoms with van der Waals surface area (Å²) in [4.78, 5) is 10.2. The van der Waals surface area contributed by atoms with Crippen LogP contribution in [-0.2, 0) is 4.74 Å². The molecule has 2 atom stereocenters. The van der Waals surface area contributed by atoms with Crippen LogP contribution in [0.3, 0.4) is 0 Å². The Bertz CT molecular complexity index is 337. The Morgan fingerprint density at radius 2 is 2.07 bits per heavy atom. The average molecular weight is 228 g/mol. The summed E-state index contributed by atoms with van der Waals surface area (Å²) in [5.74, 6) is 0.872. The Labute approximate surface area is 94.2 Å². The van der Waals surface area contributed by atoms with E-state index in [1.807, 2.05) is 6.07 Å². The van der Waals surface area contributed by atoms with Crippen molar-refractivity contribution in [2.45, 2.75) is 26.1 Å². The molecule has 0 N–H and O–H groups in total. The number of nitrogens with zero attached hydrogens (tertiary/aromatic N) is 3. The molecular weight excluding hydrogens is 214 g/mol. The summed E-state index contributed by atoms with van der Waals surface area (Å²) in [5.41, 5.74) is 0. The fourth-order valence-corrected chi connectivity index (χ4v) is 2.01. The summed E-state index contributed by atoms with van der Waals surface area (Å²) in [6.45, 7) is 5.81. The zero-order chi connectivity index (χ0) is 10.8. The molecule has 2 heterocycles. The molecule has 0 spiro atoms. The van der Waals surface area contributed by atoms with Crippen LogP contribution in [0.5, 0.6) is 0 Å².